The summed E-state index contributed by atoms with van der Waals surface area (Å²) >= 11 is 0. The van der Waals surface area contributed by atoms with Crippen molar-refractivity contribution < 1.29 is 14.3 Å². The van der Waals surface area contributed by atoms with Crippen LogP contribution in [0.15, 0.2) is 18.3 Å². The van der Waals surface area contributed by atoms with Crippen LogP contribution in [0.1, 0.15) is 45.2 Å². The van der Waals surface area contributed by atoms with Crippen LogP contribution in [-0.2, 0) is 27.4 Å². The van der Waals surface area contributed by atoms with Gasteiger partial charge in [0, 0.05) is 12.1 Å². The second-order valence-corrected chi connectivity index (χ2v) is 5.00. The normalized spacial score (nSPS) is 10.6. The van der Waals surface area contributed by atoms with E-state index in [1.807, 2.05) is 10.9 Å². The summed E-state index contributed by atoms with van der Waals surface area (Å²) in [5.74, 6) is -0.392. The predicted octanol–water partition coefficient (Wildman–Crippen LogP) is 2.49. The lowest BCUT2D eigenvalue weighted by Crippen LogP contribution is -2.10. The van der Waals surface area contributed by atoms with Gasteiger partial charge in [-0.3, -0.25) is 4.68 Å². The first-order valence-corrected chi connectivity index (χ1v) is 7.43. The number of hydrogen-bond acceptors (Lipinski definition) is 5. The van der Waals surface area contributed by atoms with E-state index in [1.165, 1.54) is 19.3 Å². The van der Waals surface area contributed by atoms with Crippen molar-refractivity contribution in [1.29, 1.82) is 0 Å². The second-order valence-electron chi connectivity index (χ2n) is 5.00. The van der Waals surface area contributed by atoms with E-state index in [4.69, 9.17) is 9.47 Å². The highest BCUT2D eigenvalue weighted by molar-refractivity contribution is 5.86. The highest BCUT2D eigenvalue weighted by Gasteiger charge is 2.03. The highest BCUT2D eigenvalue weighted by Crippen LogP contribution is 2.02. The van der Waals surface area contributed by atoms with Gasteiger partial charge in [0.1, 0.15) is 12.3 Å². The first kappa shape index (κ1) is 17.4. The molecule has 0 atom stereocenters. The van der Waals surface area contributed by atoms with E-state index in [0.29, 0.717) is 18.8 Å². The van der Waals surface area contributed by atoms with Crippen LogP contribution in [0.3, 0.4) is 0 Å². The number of esters is 1. The summed E-state index contributed by atoms with van der Waals surface area (Å²) in [4.78, 5) is 11.1. The molecule has 0 saturated carbocycles. The van der Waals surface area contributed by atoms with Crippen molar-refractivity contribution >= 4 is 5.97 Å². The van der Waals surface area contributed by atoms with E-state index in [1.54, 1.807) is 6.92 Å². The van der Waals surface area contributed by atoms with Gasteiger partial charge in [0.15, 0.2) is 0 Å². The fourth-order valence-corrected chi connectivity index (χ4v) is 1.71. The Labute approximate surface area is 126 Å². The molecule has 0 aromatic carbocycles. The molecule has 118 valence electrons. The average Bonchev–Trinajstić information content (AvgIpc) is 2.91. The van der Waals surface area contributed by atoms with Gasteiger partial charge in [-0.05, 0) is 13.3 Å². The molecular formula is C15H25N3O3. The fraction of sp³-hybridized carbons (Fsp3) is 0.667. The Morgan fingerprint density at radius 3 is 2.86 bits per heavy atom. The highest BCUT2D eigenvalue weighted by atomic mass is 16.6. The molecule has 0 spiro atoms. The summed E-state index contributed by atoms with van der Waals surface area (Å²) in [6, 6.07) is 0. The molecule has 1 heterocycles. The summed E-state index contributed by atoms with van der Waals surface area (Å²) in [5, 5.41) is 8.10. The molecule has 21 heavy (non-hydrogen) atoms. The molecule has 6 nitrogen and oxygen atoms in total. The zero-order chi connectivity index (χ0) is 15.5. The molecule has 0 bridgehead atoms. The van der Waals surface area contributed by atoms with E-state index in [0.717, 1.165) is 18.7 Å². The summed E-state index contributed by atoms with van der Waals surface area (Å²) < 4.78 is 12.1. The lowest BCUT2D eigenvalue weighted by molar-refractivity contribution is -0.140. The zero-order valence-electron chi connectivity index (χ0n) is 13.0. The molecule has 0 saturated heterocycles. The molecule has 0 aliphatic carbocycles. The van der Waals surface area contributed by atoms with Gasteiger partial charge < -0.3 is 9.47 Å². The van der Waals surface area contributed by atoms with Crippen LogP contribution >= 0.6 is 0 Å². The third kappa shape index (κ3) is 7.60. The van der Waals surface area contributed by atoms with E-state index >= 15 is 0 Å². The van der Waals surface area contributed by atoms with Crippen molar-refractivity contribution in [2.24, 2.45) is 0 Å². The number of carbonyl (C=O) groups excluding carboxylic acids is 1. The van der Waals surface area contributed by atoms with Gasteiger partial charge in [-0.15, -0.1) is 5.10 Å². The van der Waals surface area contributed by atoms with E-state index in [2.05, 4.69) is 23.8 Å². The minimum atomic E-state index is -0.392. The summed E-state index contributed by atoms with van der Waals surface area (Å²) in [5.41, 5.74) is 1.18. The van der Waals surface area contributed by atoms with Crippen LogP contribution in [0.4, 0.5) is 0 Å². The number of rotatable bonds is 11. The number of aromatic nitrogens is 3. The van der Waals surface area contributed by atoms with Crippen molar-refractivity contribution in [3.05, 3.63) is 24.0 Å². The number of nitrogens with zero attached hydrogens (tertiary/aromatic N) is 3. The molecule has 0 unspecified atom stereocenters. The van der Waals surface area contributed by atoms with Crippen molar-refractivity contribution in [3.63, 3.8) is 0 Å². The minimum absolute atomic E-state index is 0.219. The molecule has 1 rings (SSSR count). The molecule has 0 amide bonds. The SMILES string of the molecule is C=C(C)C(=O)OCCOCc1cn(CCCCCC)nn1. The molecule has 1 aromatic rings. The topological polar surface area (TPSA) is 66.2 Å². The van der Waals surface area contributed by atoms with Gasteiger partial charge in [-0.2, -0.15) is 0 Å². The van der Waals surface area contributed by atoms with E-state index in [-0.39, 0.29) is 6.61 Å². The van der Waals surface area contributed by atoms with Gasteiger partial charge in [0.25, 0.3) is 0 Å². The van der Waals surface area contributed by atoms with Crippen LogP contribution in [0.5, 0.6) is 0 Å². The zero-order valence-corrected chi connectivity index (χ0v) is 13.0. The van der Waals surface area contributed by atoms with E-state index in [9.17, 15) is 4.79 Å². The quantitative estimate of drug-likeness (QED) is 0.356. The second kappa shape index (κ2) is 10.1. The Balaban J connectivity index is 2.11. The molecular weight excluding hydrogens is 270 g/mol. The molecule has 6 heteroatoms. The standard InChI is InChI=1S/C15H25N3O3/c1-4-5-6-7-8-18-11-14(16-17-18)12-20-9-10-21-15(19)13(2)3/h11H,2,4-10,12H2,1,3H3. The monoisotopic (exact) mass is 295 g/mol. The lowest BCUT2D eigenvalue weighted by Gasteiger charge is -2.04. The number of ether oxygens (including phenoxy) is 2. The number of aryl methyl sites for hydroxylation is 1. The average molecular weight is 295 g/mol. The summed E-state index contributed by atoms with van der Waals surface area (Å²) in [7, 11) is 0. The Kier molecular flexibility index (Phi) is 8.35. The Bertz CT molecular complexity index is 443. The predicted molar refractivity (Wildman–Crippen MR) is 79.6 cm³/mol. The van der Waals surface area contributed by atoms with E-state index < -0.39 is 5.97 Å². The number of hydrogen-bond donors (Lipinski definition) is 0. The Hall–Kier alpha value is -1.69. The Morgan fingerprint density at radius 1 is 1.33 bits per heavy atom. The molecule has 0 fully saturated rings. The molecule has 0 aliphatic rings. The molecule has 0 N–H and O–H groups in total. The van der Waals surface area contributed by atoms with Gasteiger partial charge in [-0.25, -0.2) is 4.79 Å². The maximum atomic E-state index is 11.1. The molecule has 1 aromatic heterocycles. The van der Waals surface area contributed by atoms with Crippen LogP contribution < -0.4 is 0 Å². The van der Waals surface area contributed by atoms with Crippen LogP contribution in [0, 0.1) is 0 Å². The lowest BCUT2D eigenvalue weighted by atomic mass is 10.2. The molecule has 0 aliphatic heterocycles. The fourth-order valence-electron chi connectivity index (χ4n) is 1.71. The van der Waals surface area contributed by atoms with Crippen LogP contribution in [0.25, 0.3) is 0 Å². The smallest absolute Gasteiger partial charge is 0.333 e. The van der Waals surface area contributed by atoms with Crippen molar-refractivity contribution in [1.82, 2.24) is 15.0 Å². The van der Waals surface area contributed by atoms with Crippen molar-refractivity contribution in [3.8, 4) is 0 Å². The van der Waals surface area contributed by atoms with Gasteiger partial charge in [0.2, 0.25) is 0 Å². The maximum absolute atomic E-state index is 11.1. The third-order valence-electron chi connectivity index (χ3n) is 2.89. The van der Waals surface area contributed by atoms with Gasteiger partial charge in [0.05, 0.1) is 19.4 Å². The van der Waals surface area contributed by atoms with Gasteiger partial charge >= 0.3 is 5.97 Å². The first-order valence-electron chi connectivity index (χ1n) is 7.43. The number of carbonyl (C=O) groups is 1. The van der Waals surface area contributed by atoms with Crippen molar-refractivity contribution in [2.75, 3.05) is 13.2 Å². The summed E-state index contributed by atoms with van der Waals surface area (Å²) in [6.07, 6.45) is 6.72. The van der Waals surface area contributed by atoms with Crippen LogP contribution in [0.2, 0.25) is 0 Å². The van der Waals surface area contributed by atoms with Crippen LogP contribution in [-0.4, -0.2) is 34.2 Å². The maximum Gasteiger partial charge on any atom is 0.333 e. The Morgan fingerprint density at radius 2 is 2.14 bits per heavy atom. The number of unbranched alkanes of at least 4 members (excludes halogenated alkanes) is 3. The van der Waals surface area contributed by atoms with Crippen molar-refractivity contribution in [2.45, 2.75) is 52.7 Å². The third-order valence-corrected chi connectivity index (χ3v) is 2.89. The van der Waals surface area contributed by atoms with Gasteiger partial charge in [-0.1, -0.05) is 38.0 Å². The summed E-state index contributed by atoms with van der Waals surface area (Å²) in [6.45, 7) is 9.13. The minimum Gasteiger partial charge on any atom is -0.460 e. The first-order chi connectivity index (χ1) is 10.1. The molecule has 0 radical (unpaired) electrons. The largest absolute Gasteiger partial charge is 0.460 e.